The van der Waals surface area contributed by atoms with Crippen LogP contribution < -0.4 is 15.0 Å². The van der Waals surface area contributed by atoms with Crippen LogP contribution in [0.2, 0.25) is 0 Å². The summed E-state index contributed by atoms with van der Waals surface area (Å²) in [6.45, 7) is 1.49. The highest BCUT2D eigenvalue weighted by molar-refractivity contribution is 5.85. The van der Waals surface area contributed by atoms with Gasteiger partial charge in [0, 0.05) is 32.3 Å². The van der Waals surface area contributed by atoms with Crippen LogP contribution in [0.3, 0.4) is 0 Å². The first kappa shape index (κ1) is 19.2. The maximum absolute atomic E-state index is 12.5. The maximum atomic E-state index is 12.5. The third kappa shape index (κ3) is 4.48. The van der Waals surface area contributed by atoms with Crippen LogP contribution in [0.15, 0.2) is 42.6 Å². The molecule has 8 heteroatoms. The molecule has 3 rings (SSSR count). The number of nitrogens with one attached hydrogen (secondary N) is 1. The molecular weight excluding hydrogens is 355 g/mol. The highest BCUT2D eigenvalue weighted by Crippen LogP contribution is 2.31. The Morgan fingerprint density at radius 2 is 1.96 bits per heavy atom. The summed E-state index contributed by atoms with van der Waals surface area (Å²) in [6, 6.07) is 10.2. The van der Waals surface area contributed by atoms with Gasteiger partial charge in [0.05, 0.1) is 23.5 Å². The Kier molecular flexibility index (Phi) is 6.00. The summed E-state index contributed by atoms with van der Waals surface area (Å²) in [6.07, 6.45) is -2.88. The van der Waals surface area contributed by atoms with Crippen LogP contribution in [0.25, 0.3) is 0 Å². The first-order chi connectivity index (χ1) is 11.5. The minimum absolute atomic E-state index is 0. The molecule has 0 radical (unpaired) electrons. The SMILES string of the molecule is CNc1ccccc1N1CCC(Oc2ccc(C(F)(F)F)cn2)C1.Cl. The number of para-hydroxylation sites is 2. The lowest BCUT2D eigenvalue weighted by atomic mass is 10.2. The smallest absolute Gasteiger partial charge is 0.417 e. The second kappa shape index (κ2) is 7.82. The second-order valence-electron chi connectivity index (χ2n) is 5.62. The summed E-state index contributed by atoms with van der Waals surface area (Å²) in [4.78, 5) is 5.96. The fraction of sp³-hybridized carbons (Fsp3) is 0.353. The van der Waals surface area contributed by atoms with E-state index in [4.69, 9.17) is 4.74 Å². The van der Waals surface area contributed by atoms with Crippen molar-refractivity contribution in [2.24, 2.45) is 0 Å². The monoisotopic (exact) mass is 373 g/mol. The van der Waals surface area contributed by atoms with Crippen molar-refractivity contribution in [3.63, 3.8) is 0 Å². The summed E-state index contributed by atoms with van der Waals surface area (Å²) >= 11 is 0. The molecule has 2 heterocycles. The highest BCUT2D eigenvalue weighted by atomic mass is 35.5. The zero-order chi connectivity index (χ0) is 17.2. The molecule has 1 unspecified atom stereocenters. The number of hydrogen-bond donors (Lipinski definition) is 1. The normalized spacial score (nSPS) is 17.1. The molecule has 1 fully saturated rings. The summed E-state index contributed by atoms with van der Waals surface area (Å²) in [5.74, 6) is 0.219. The number of alkyl halides is 3. The lowest BCUT2D eigenvalue weighted by molar-refractivity contribution is -0.137. The molecule has 25 heavy (non-hydrogen) atoms. The van der Waals surface area contributed by atoms with Crippen LogP contribution >= 0.6 is 12.4 Å². The Morgan fingerprint density at radius 3 is 2.60 bits per heavy atom. The number of nitrogens with zero attached hydrogens (tertiary/aromatic N) is 2. The van der Waals surface area contributed by atoms with Crippen molar-refractivity contribution < 1.29 is 17.9 Å². The van der Waals surface area contributed by atoms with Crippen molar-refractivity contribution >= 4 is 23.8 Å². The molecule has 0 saturated carbocycles. The Balaban J connectivity index is 0.00000225. The predicted molar refractivity (Wildman–Crippen MR) is 93.7 cm³/mol. The van der Waals surface area contributed by atoms with E-state index in [-0.39, 0.29) is 24.4 Å². The molecule has 2 aromatic rings. The van der Waals surface area contributed by atoms with Gasteiger partial charge in [0.15, 0.2) is 0 Å². The van der Waals surface area contributed by atoms with E-state index in [0.717, 1.165) is 36.6 Å². The zero-order valence-electron chi connectivity index (χ0n) is 13.6. The van der Waals surface area contributed by atoms with Crippen molar-refractivity contribution in [2.45, 2.75) is 18.7 Å². The van der Waals surface area contributed by atoms with Crippen molar-refractivity contribution in [1.29, 1.82) is 0 Å². The lowest BCUT2D eigenvalue weighted by Crippen LogP contribution is -2.25. The van der Waals surface area contributed by atoms with Gasteiger partial charge in [-0.2, -0.15) is 13.2 Å². The third-order valence-electron chi connectivity index (χ3n) is 4.01. The second-order valence-corrected chi connectivity index (χ2v) is 5.62. The van der Waals surface area contributed by atoms with Crippen LogP contribution in [0, 0.1) is 0 Å². The minimum atomic E-state index is -4.38. The standard InChI is InChI=1S/C17H18F3N3O.ClH/c1-21-14-4-2-3-5-15(14)23-9-8-13(11-23)24-16-7-6-12(10-22-16)17(18,19)20;/h2-7,10,13,21H,8-9,11H2,1H3;1H. The van der Waals surface area contributed by atoms with Gasteiger partial charge >= 0.3 is 6.18 Å². The molecule has 1 N–H and O–H groups in total. The molecule has 0 aliphatic carbocycles. The lowest BCUT2D eigenvalue weighted by Gasteiger charge is -2.21. The number of pyridine rings is 1. The molecular formula is C17H19ClF3N3O. The summed E-state index contributed by atoms with van der Waals surface area (Å²) < 4.78 is 43.4. The maximum Gasteiger partial charge on any atom is 0.417 e. The van der Waals surface area contributed by atoms with E-state index in [2.05, 4.69) is 15.2 Å². The largest absolute Gasteiger partial charge is 0.472 e. The average molecular weight is 374 g/mol. The van der Waals surface area contributed by atoms with E-state index >= 15 is 0 Å². The molecule has 0 spiro atoms. The molecule has 4 nitrogen and oxygen atoms in total. The van der Waals surface area contributed by atoms with E-state index in [1.165, 1.54) is 6.07 Å². The molecule has 1 saturated heterocycles. The quantitative estimate of drug-likeness (QED) is 0.870. The van der Waals surface area contributed by atoms with Crippen LogP contribution in [0.1, 0.15) is 12.0 Å². The topological polar surface area (TPSA) is 37.4 Å². The minimum Gasteiger partial charge on any atom is -0.472 e. The van der Waals surface area contributed by atoms with Crippen molar-refractivity contribution in [2.75, 3.05) is 30.4 Å². The first-order valence-corrected chi connectivity index (χ1v) is 7.69. The van der Waals surface area contributed by atoms with E-state index in [1.807, 2.05) is 31.3 Å². The van der Waals surface area contributed by atoms with Crippen LogP contribution in [-0.4, -0.2) is 31.2 Å². The number of ether oxygens (including phenoxy) is 1. The fourth-order valence-electron chi connectivity index (χ4n) is 2.79. The van der Waals surface area contributed by atoms with Crippen LogP contribution in [0.5, 0.6) is 5.88 Å². The number of benzene rings is 1. The van der Waals surface area contributed by atoms with E-state index in [1.54, 1.807) is 0 Å². The van der Waals surface area contributed by atoms with Gasteiger partial charge in [0.1, 0.15) is 6.10 Å². The number of anilines is 2. The van der Waals surface area contributed by atoms with Gasteiger partial charge in [-0.05, 0) is 18.2 Å². The molecule has 0 amide bonds. The first-order valence-electron chi connectivity index (χ1n) is 7.69. The molecule has 1 aliphatic rings. The van der Waals surface area contributed by atoms with Crippen molar-refractivity contribution in [3.05, 3.63) is 48.2 Å². The van der Waals surface area contributed by atoms with Crippen LogP contribution in [-0.2, 0) is 6.18 Å². The Bertz CT molecular complexity index is 694. The van der Waals surface area contributed by atoms with E-state index < -0.39 is 11.7 Å². The van der Waals surface area contributed by atoms with E-state index in [9.17, 15) is 13.2 Å². The highest BCUT2D eigenvalue weighted by Gasteiger charge is 2.31. The van der Waals surface area contributed by atoms with Gasteiger partial charge < -0.3 is 15.0 Å². The van der Waals surface area contributed by atoms with Gasteiger partial charge in [-0.25, -0.2) is 4.98 Å². The summed E-state index contributed by atoms with van der Waals surface area (Å²) in [5, 5.41) is 3.16. The van der Waals surface area contributed by atoms with Crippen LogP contribution in [0.4, 0.5) is 24.5 Å². The van der Waals surface area contributed by atoms with Gasteiger partial charge in [-0.1, -0.05) is 12.1 Å². The molecule has 1 aromatic heterocycles. The number of hydrogen-bond acceptors (Lipinski definition) is 4. The summed E-state index contributed by atoms with van der Waals surface area (Å²) in [7, 11) is 1.87. The Morgan fingerprint density at radius 1 is 1.20 bits per heavy atom. The average Bonchev–Trinajstić information content (AvgIpc) is 3.03. The Labute approximate surface area is 150 Å². The van der Waals surface area contributed by atoms with Crippen molar-refractivity contribution in [1.82, 2.24) is 4.98 Å². The predicted octanol–water partition coefficient (Wildman–Crippen LogP) is 4.22. The summed E-state index contributed by atoms with van der Waals surface area (Å²) in [5.41, 5.74) is 1.35. The molecule has 1 aromatic carbocycles. The number of rotatable bonds is 4. The number of aromatic nitrogens is 1. The third-order valence-corrected chi connectivity index (χ3v) is 4.01. The zero-order valence-corrected chi connectivity index (χ0v) is 14.4. The molecule has 136 valence electrons. The van der Waals surface area contributed by atoms with Crippen molar-refractivity contribution in [3.8, 4) is 5.88 Å². The molecule has 0 bridgehead atoms. The molecule has 1 atom stereocenters. The fourth-order valence-corrected chi connectivity index (χ4v) is 2.79. The van der Waals surface area contributed by atoms with Gasteiger partial charge in [0.25, 0.3) is 0 Å². The van der Waals surface area contributed by atoms with E-state index in [0.29, 0.717) is 6.54 Å². The molecule has 1 aliphatic heterocycles. The number of halogens is 4. The van der Waals surface area contributed by atoms with Gasteiger partial charge in [-0.15, -0.1) is 12.4 Å². The Hall–Kier alpha value is -2.15. The van der Waals surface area contributed by atoms with Gasteiger partial charge in [0.2, 0.25) is 5.88 Å². The van der Waals surface area contributed by atoms with Gasteiger partial charge in [-0.3, -0.25) is 0 Å².